The van der Waals surface area contributed by atoms with Crippen LogP contribution in [0, 0.1) is 19.8 Å². The molecule has 0 saturated carbocycles. The Bertz CT molecular complexity index is 790. The lowest BCUT2D eigenvalue weighted by atomic mass is 9.98. The van der Waals surface area contributed by atoms with Crippen LogP contribution in [-0.2, 0) is 14.8 Å². The molecular weight excluding hydrogens is 372 g/mol. The molecule has 0 radical (unpaired) electrons. The van der Waals surface area contributed by atoms with E-state index in [1.54, 1.807) is 26.0 Å². The highest BCUT2D eigenvalue weighted by Crippen LogP contribution is 2.25. The Kier molecular flexibility index (Phi) is 6.83. The number of hydrogen-bond donors (Lipinski definition) is 2. The highest BCUT2D eigenvalue weighted by Gasteiger charge is 2.25. The molecule has 1 aliphatic rings. The highest BCUT2D eigenvalue weighted by molar-refractivity contribution is 7.88. The molecule has 1 fully saturated rings. The van der Waals surface area contributed by atoms with Gasteiger partial charge in [-0.3, -0.25) is 4.79 Å². The van der Waals surface area contributed by atoms with Gasteiger partial charge in [0.05, 0.1) is 6.26 Å². The predicted octanol–water partition coefficient (Wildman–Crippen LogP) is 1.17. The number of carboxylic acid groups (broad SMARTS) is 1. The van der Waals surface area contributed by atoms with E-state index in [0.717, 1.165) is 0 Å². The van der Waals surface area contributed by atoms with Crippen LogP contribution in [0.2, 0.25) is 0 Å². The second kappa shape index (κ2) is 8.71. The monoisotopic (exact) mass is 398 g/mol. The Balaban J connectivity index is 1.92. The quantitative estimate of drug-likeness (QED) is 0.713. The zero-order valence-corrected chi connectivity index (χ0v) is 16.6. The average molecular weight is 398 g/mol. The van der Waals surface area contributed by atoms with Crippen molar-refractivity contribution in [1.29, 1.82) is 0 Å². The molecule has 2 N–H and O–H groups in total. The van der Waals surface area contributed by atoms with Gasteiger partial charge in [-0.2, -0.15) is 0 Å². The fourth-order valence-corrected chi connectivity index (χ4v) is 4.10. The van der Waals surface area contributed by atoms with Crippen LogP contribution in [0.4, 0.5) is 0 Å². The van der Waals surface area contributed by atoms with E-state index in [1.807, 2.05) is 0 Å². The first kappa shape index (κ1) is 21.2. The number of piperidine rings is 1. The van der Waals surface area contributed by atoms with Crippen molar-refractivity contribution in [3.8, 4) is 5.75 Å². The Morgan fingerprint density at radius 1 is 1.22 bits per heavy atom. The summed E-state index contributed by atoms with van der Waals surface area (Å²) in [5.41, 5.74) is 1.88. The number of carboxylic acids is 1. The lowest BCUT2D eigenvalue weighted by Crippen LogP contribution is -2.41. The van der Waals surface area contributed by atoms with Crippen LogP contribution in [0.25, 0.3) is 0 Å². The van der Waals surface area contributed by atoms with Gasteiger partial charge in [0.25, 0.3) is 5.91 Å². The Morgan fingerprint density at radius 3 is 2.26 bits per heavy atom. The largest absolute Gasteiger partial charge is 0.481 e. The maximum absolute atomic E-state index is 12.4. The van der Waals surface area contributed by atoms with Gasteiger partial charge in [0.1, 0.15) is 5.75 Å². The van der Waals surface area contributed by atoms with Crippen molar-refractivity contribution in [2.75, 3.05) is 32.5 Å². The Labute approximate surface area is 159 Å². The zero-order chi connectivity index (χ0) is 20.2. The van der Waals surface area contributed by atoms with Crippen molar-refractivity contribution in [3.05, 3.63) is 28.8 Å². The minimum atomic E-state index is -3.15. The molecular formula is C18H26N2O6S. The molecule has 0 aromatic heterocycles. The number of nitrogens with zero attached hydrogens (tertiary/aromatic N) is 1. The summed E-state index contributed by atoms with van der Waals surface area (Å²) in [4.78, 5) is 23.1. The molecule has 0 aliphatic carbocycles. The number of hydrogen-bond acceptors (Lipinski definition) is 5. The minimum Gasteiger partial charge on any atom is -0.481 e. The topological polar surface area (TPSA) is 113 Å². The average Bonchev–Trinajstić information content (AvgIpc) is 2.58. The molecule has 1 saturated heterocycles. The van der Waals surface area contributed by atoms with Gasteiger partial charge < -0.3 is 15.2 Å². The number of rotatable bonds is 7. The first-order chi connectivity index (χ1) is 12.6. The van der Waals surface area contributed by atoms with Crippen LogP contribution in [0.15, 0.2) is 12.1 Å². The first-order valence-electron chi connectivity index (χ1n) is 8.77. The Morgan fingerprint density at radius 2 is 1.78 bits per heavy atom. The summed E-state index contributed by atoms with van der Waals surface area (Å²) in [7, 11) is -3.15. The number of benzene rings is 1. The van der Waals surface area contributed by atoms with Gasteiger partial charge in [0.2, 0.25) is 10.0 Å². The summed E-state index contributed by atoms with van der Waals surface area (Å²) < 4.78 is 29.8. The smallest absolute Gasteiger partial charge is 0.341 e. The number of nitrogens with one attached hydrogen (secondary N) is 1. The standard InChI is InChI=1S/C18H26N2O6S/c1-12-8-15(9-13(2)17(12)26-11-16(21)22)18(23)19-10-14-4-6-20(7-5-14)27(3,24)25/h8-9,14H,4-7,10-11H2,1-3H3,(H,19,23)(H,21,22). The van der Waals surface area contributed by atoms with Crippen LogP contribution in [0.3, 0.4) is 0 Å². The molecule has 8 nitrogen and oxygen atoms in total. The number of aliphatic carboxylic acids is 1. The second-order valence-electron chi connectivity index (χ2n) is 6.94. The molecule has 1 amide bonds. The number of amides is 1. The molecule has 27 heavy (non-hydrogen) atoms. The molecule has 2 rings (SSSR count). The number of aryl methyl sites for hydroxylation is 2. The zero-order valence-electron chi connectivity index (χ0n) is 15.8. The van der Waals surface area contributed by atoms with Crippen molar-refractivity contribution in [1.82, 2.24) is 9.62 Å². The van der Waals surface area contributed by atoms with Gasteiger partial charge >= 0.3 is 5.97 Å². The number of carbonyl (C=O) groups excluding carboxylic acids is 1. The van der Waals surface area contributed by atoms with E-state index < -0.39 is 22.6 Å². The molecule has 0 atom stereocenters. The summed E-state index contributed by atoms with van der Waals surface area (Å²) in [6, 6.07) is 3.34. The van der Waals surface area contributed by atoms with Gasteiger partial charge in [0.15, 0.2) is 6.61 Å². The van der Waals surface area contributed by atoms with E-state index in [-0.39, 0.29) is 11.8 Å². The lowest BCUT2D eigenvalue weighted by Gasteiger charge is -2.30. The Hall–Kier alpha value is -2.13. The van der Waals surface area contributed by atoms with Crippen molar-refractivity contribution in [3.63, 3.8) is 0 Å². The minimum absolute atomic E-state index is 0.212. The molecule has 1 heterocycles. The molecule has 1 aromatic rings. The molecule has 1 aromatic carbocycles. The second-order valence-corrected chi connectivity index (χ2v) is 8.92. The summed E-state index contributed by atoms with van der Waals surface area (Å²) >= 11 is 0. The third-order valence-electron chi connectivity index (χ3n) is 4.66. The summed E-state index contributed by atoms with van der Waals surface area (Å²) in [5, 5.41) is 11.6. The number of ether oxygens (including phenoxy) is 1. The number of sulfonamides is 1. The lowest BCUT2D eigenvalue weighted by molar-refractivity contribution is -0.139. The highest BCUT2D eigenvalue weighted by atomic mass is 32.2. The van der Waals surface area contributed by atoms with Gasteiger partial charge in [-0.1, -0.05) is 0 Å². The van der Waals surface area contributed by atoms with Crippen molar-refractivity contribution < 1.29 is 27.9 Å². The molecule has 9 heteroatoms. The predicted molar refractivity (Wildman–Crippen MR) is 101 cm³/mol. The van der Waals surface area contributed by atoms with Gasteiger partial charge in [-0.15, -0.1) is 0 Å². The van der Waals surface area contributed by atoms with E-state index in [1.165, 1.54) is 10.6 Å². The first-order valence-corrected chi connectivity index (χ1v) is 10.6. The van der Waals surface area contributed by atoms with Gasteiger partial charge in [-0.25, -0.2) is 17.5 Å². The summed E-state index contributed by atoms with van der Waals surface area (Å²) in [6.07, 6.45) is 2.64. The molecule has 150 valence electrons. The van der Waals surface area contributed by atoms with Crippen LogP contribution in [-0.4, -0.2) is 62.2 Å². The van der Waals surface area contributed by atoms with E-state index in [0.29, 0.717) is 54.9 Å². The molecule has 0 unspecified atom stereocenters. The van der Waals surface area contributed by atoms with Crippen LogP contribution >= 0.6 is 0 Å². The maximum atomic E-state index is 12.4. The van der Waals surface area contributed by atoms with E-state index in [4.69, 9.17) is 9.84 Å². The van der Waals surface area contributed by atoms with Crippen LogP contribution in [0.5, 0.6) is 5.75 Å². The normalized spacial score (nSPS) is 16.1. The van der Waals surface area contributed by atoms with Gasteiger partial charge in [-0.05, 0) is 55.9 Å². The summed E-state index contributed by atoms with van der Waals surface area (Å²) in [6.45, 7) is 4.55. The molecule has 0 bridgehead atoms. The van der Waals surface area contributed by atoms with Crippen LogP contribution < -0.4 is 10.1 Å². The fourth-order valence-electron chi connectivity index (χ4n) is 3.23. The maximum Gasteiger partial charge on any atom is 0.341 e. The van der Waals surface area contributed by atoms with Crippen molar-refractivity contribution in [2.24, 2.45) is 5.92 Å². The third-order valence-corrected chi connectivity index (χ3v) is 5.96. The van der Waals surface area contributed by atoms with Crippen molar-refractivity contribution >= 4 is 21.9 Å². The SMILES string of the molecule is Cc1cc(C(=O)NCC2CCN(S(C)(=O)=O)CC2)cc(C)c1OCC(=O)O. The van der Waals surface area contributed by atoms with Crippen LogP contribution in [0.1, 0.15) is 34.3 Å². The van der Waals surface area contributed by atoms with Gasteiger partial charge in [0, 0.05) is 25.2 Å². The van der Waals surface area contributed by atoms with E-state index >= 15 is 0 Å². The fraction of sp³-hybridized carbons (Fsp3) is 0.556. The summed E-state index contributed by atoms with van der Waals surface area (Å²) in [5.74, 6) is -0.552. The van der Waals surface area contributed by atoms with Crippen molar-refractivity contribution in [2.45, 2.75) is 26.7 Å². The molecule has 0 spiro atoms. The van der Waals surface area contributed by atoms with E-state index in [2.05, 4.69) is 5.32 Å². The number of carbonyl (C=O) groups is 2. The molecule has 1 aliphatic heterocycles. The van der Waals surface area contributed by atoms with E-state index in [9.17, 15) is 18.0 Å². The third kappa shape index (κ3) is 5.93.